The van der Waals surface area contributed by atoms with Gasteiger partial charge in [-0.25, -0.2) is 4.39 Å². The van der Waals surface area contributed by atoms with Gasteiger partial charge in [0.25, 0.3) is 0 Å². The topological polar surface area (TPSA) is 29.3 Å². The fourth-order valence-electron chi connectivity index (χ4n) is 2.16. The standard InChI is InChI=1S/C16H19FN2/c1-2-19(15-8-5-7-14(17)12-15)11-10-13-6-3-4-9-16(13)18/h3-9,12H,2,10-11,18H2,1H3. The second kappa shape index (κ2) is 6.23. The SMILES string of the molecule is CCN(CCc1ccccc1N)c1cccc(F)c1. The van der Waals surface area contributed by atoms with Gasteiger partial charge in [0.15, 0.2) is 0 Å². The van der Waals surface area contributed by atoms with Gasteiger partial charge in [-0.3, -0.25) is 0 Å². The summed E-state index contributed by atoms with van der Waals surface area (Å²) >= 11 is 0. The lowest BCUT2D eigenvalue weighted by molar-refractivity contribution is 0.626. The van der Waals surface area contributed by atoms with Gasteiger partial charge < -0.3 is 10.6 Å². The van der Waals surface area contributed by atoms with Crippen molar-refractivity contribution in [1.29, 1.82) is 0 Å². The highest BCUT2D eigenvalue weighted by Gasteiger charge is 2.06. The van der Waals surface area contributed by atoms with Gasteiger partial charge in [-0.2, -0.15) is 0 Å². The van der Waals surface area contributed by atoms with Crippen LogP contribution >= 0.6 is 0 Å². The van der Waals surface area contributed by atoms with Crippen LogP contribution in [0.4, 0.5) is 15.8 Å². The molecule has 0 aliphatic rings. The monoisotopic (exact) mass is 258 g/mol. The summed E-state index contributed by atoms with van der Waals surface area (Å²) in [7, 11) is 0. The number of nitrogens with two attached hydrogens (primary N) is 1. The molecular formula is C16H19FN2. The first kappa shape index (κ1) is 13.4. The van der Waals surface area contributed by atoms with Crippen molar-refractivity contribution in [2.75, 3.05) is 23.7 Å². The lowest BCUT2D eigenvalue weighted by Gasteiger charge is -2.23. The molecule has 19 heavy (non-hydrogen) atoms. The Kier molecular flexibility index (Phi) is 4.39. The lowest BCUT2D eigenvalue weighted by atomic mass is 10.1. The molecule has 0 radical (unpaired) electrons. The molecule has 2 aromatic rings. The minimum absolute atomic E-state index is 0.199. The maximum Gasteiger partial charge on any atom is 0.125 e. The van der Waals surface area contributed by atoms with Crippen LogP contribution < -0.4 is 10.6 Å². The molecular weight excluding hydrogens is 239 g/mol. The van der Waals surface area contributed by atoms with E-state index in [-0.39, 0.29) is 5.82 Å². The molecule has 0 aliphatic heterocycles. The Morgan fingerprint density at radius 3 is 2.58 bits per heavy atom. The quantitative estimate of drug-likeness (QED) is 0.832. The number of hydrogen-bond donors (Lipinski definition) is 1. The molecule has 0 fully saturated rings. The zero-order chi connectivity index (χ0) is 13.7. The Bertz CT molecular complexity index is 540. The highest BCUT2D eigenvalue weighted by Crippen LogP contribution is 2.17. The van der Waals surface area contributed by atoms with Gasteiger partial charge in [-0.05, 0) is 43.2 Å². The van der Waals surface area contributed by atoms with Gasteiger partial charge in [-0.15, -0.1) is 0 Å². The number of nitrogen functional groups attached to an aromatic ring is 1. The van der Waals surface area contributed by atoms with E-state index in [1.807, 2.05) is 30.3 Å². The molecule has 0 unspecified atom stereocenters. The Morgan fingerprint density at radius 2 is 1.89 bits per heavy atom. The first-order valence-corrected chi connectivity index (χ1v) is 6.54. The molecule has 0 bridgehead atoms. The average Bonchev–Trinajstić information content (AvgIpc) is 2.41. The maximum absolute atomic E-state index is 13.2. The van der Waals surface area contributed by atoms with Crippen LogP contribution in [0.15, 0.2) is 48.5 Å². The number of para-hydroxylation sites is 1. The van der Waals surface area contributed by atoms with Crippen LogP contribution in [-0.2, 0) is 6.42 Å². The summed E-state index contributed by atoms with van der Waals surface area (Å²) in [5, 5.41) is 0. The third kappa shape index (κ3) is 3.47. The summed E-state index contributed by atoms with van der Waals surface area (Å²) < 4.78 is 13.2. The molecule has 0 spiro atoms. The Hall–Kier alpha value is -2.03. The number of likely N-dealkylation sites (N-methyl/N-ethyl adjacent to an activating group) is 1. The Morgan fingerprint density at radius 1 is 1.11 bits per heavy atom. The second-order valence-electron chi connectivity index (χ2n) is 4.51. The molecule has 2 N–H and O–H groups in total. The number of hydrogen-bond acceptors (Lipinski definition) is 2. The van der Waals surface area contributed by atoms with Gasteiger partial charge in [-0.1, -0.05) is 24.3 Å². The van der Waals surface area contributed by atoms with E-state index in [4.69, 9.17) is 5.73 Å². The van der Waals surface area contributed by atoms with Crippen LogP contribution in [0.1, 0.15) is 12.5 Å². The largest absolute Gasteiger partial charge is 0.399 e. The first-order valence-electron chi connectivity index (χ1n) is 6.54. The molecule has 2 aromatic carbocycles. The van der Waals surface area contributed by atoms with Gasteiger partial charge in [0.1, 0.15) is 5.82 Å². The van der Waals surface area contributed by atoms with Crippen molar-refractivity contribution in [3.63, 3.8) is 0 Å². The van der Waals surface area contributed by atoms with E-state index in [1.54, 1.807) is 12.1 Å². The van der Waals surface area contributed by atoms with Crippen molar-refractivity contribution < 1.29 is 4.39 Å². The van der Waals surface area contributed by atoms with Crippen molar-refractivity contribution in [2.45, 2.75) is 13.3 Å². The predicted octanol–water partition coefficient (Wildman–Crippen LogP) is 3.48. The zero-order valence-corrected chi connectivity index (χ0v) is 11.1. The molecule has 0 aliphatic carbocycles. The molecule has 2 rings (SSSR count). The first-order chi connectivity index (χ1) is 9.20. The summed E-state index contributed by atoms with van der Waals surface area (Å²) in [6, 6.07) is 14.6. The fourth-order valence-corrected chi connectivity index (χ4v) is 2.16. The summed E-state index contributed by atoms with van der Waals surface area (Å²) in [4.78, 5) is 2.15. The highest BCUT2D eigenvalue weighted by atomic mass is 19.1. The van der Waals surface area contributed by atoms with Crippen LogP contribution in [0.25, 0.3) is 0 Å². The van der Waals surface area contributed by atoms with Crippen molar-refractivity contribution in [3.05, 3.63) is 59.9 Å². The molecule has 0 atom stereocenters. The van der Waals surface area contributed by atoms with E-state index in [2.05, 4.69) is 11.8 Å². The van der Waals surface area contributed by atoms with Crippen LogP contribution in [-0.4, -0.2) is 13.1 Å². The van der Waals surface area contributed by atoms with E-state index >= 15 is 0 Å². The minimum Gasteiger partial charge on any atom is -0.399 e. The molecule has 0 saturated carbocycles. The summed E-state index contributed by atoms with van der Waals surface area (Å²) in [5.74, 6) is -0.199. The van der Waals surface area contributed by atoms with E-state index < -0.39 is 0 Å². The van der Waals surface area contributed by atoms with Gasteiger partial charge in [0.2, 0.25) is 0 Å². The van der Waals surface area contributed by atoms with Crippen LogP contribution in [0.5, 0.6) is 0 Å². The van der Waals surface area contributed by atoms with Gasteiger partial charge in [0.05, 0.1) is 0 Å². The smallest absolute Gasteiger partial charge is 0.125 e. The summed E-state index contributed by atoms with van der Waals surface area (Å²) in [6.45, 7) is 3.74. The summed E-state index contributed by atoms with van der Waals surface area (Å²) in [5.41, 5.74) is 8.80. The fraction of sp³-hybridized carbons (Fsp3) is 0.250. The number of benzene rings is 2. The molecule has 100 valence electrons. The second-order valence-corrected chi connectivity index (χ2v) is 4.51. The number of nitrogens with zero attached hydrogens (tertiary/aromatic N) is 1. The van der Waals surface area contributed by atoms with Crippen LogP contribution in [0.2, 0.25) is 0 Å². The van der Waals surface area contributed by atoms with E-state index in [0.717, 1.165) is 36.4 Å². The van der Waals surface area contributed by atoms with Crippen molar-refractivity contribution in [3.8, 4) is 0 Å². The van der Waals surface area contributed by atoms with E-state index in [1.165, 1.54) is 6.07 Å². The van der Waals surface area contributed by atoms with Crippen LogP contribution in [0.3, 0.4) is 0 Å². The van der Waals surface area contributed by atoms with Crippen molar-refractivity contribution in [1.82, 2.24) is 0 Å². The zero-order valence-electron chi connectivity index (χ0n) is 11.1. The summed E-state index contributed by atoms with van der Waals surface area (Å²) in [6.07, 6.45) is 0.858. The number of halogens is 1. The molecule has 0 saturated heterocycles. The Labute approximate surface area is 113 Å². The molecule has 0 heterocycles. The van der Waals surface area contributed by atoms with Crippen LogP contribution in [0, 0.1) is 5.82 Å². The normalized spacial score (nSPS) is 10.4. The third-order valence-electron chi connectivity index (χ3n) is 3.26. The van der Waals surface area contributed by atoms with E-state index in [0.29, 0.717) is 0 Å². The van der Waals surface area contributed by atoms with E-state index in [9.17, 15) is 4.39 Å². The highest BCUT2D eigenvalue weighted by molar-refractivity contribution is 5.49. The maximum atomic E-state index is 13.2. The molecule has 0 aromatic heterocycles. The molecule has 0 amide bonds. The molecule has 2 nitrogen and oxygen atoms in total. The number of rotatable bonds is 5. The minimum atomic E-state index is -0.199. The Balaban J connectivity index is 2.06. The van der Waals surface area contributed by atoms with Crippen molar-refractivity contribution >= 4 is 11.4 Å². The number of anilines is 2. The molecule has 3 heteroatoms. The van der Waals surface area contributed by atoms with Crippen molar-refractivity contribution in [2.24, 2.45) is 0 Å². The lowest BCUT2D eigenvalue weighted by Crippen LogP contribution is -2.25. The predicted molar refractivity (Wildman–Crippen MR) is 78.8 cm³/mol. The third-order valence-corrected chi connectivity index (χ3v) is 3.26. The van der Waals surface area contributed by atoms with Gasteiger partial charge >= 0.3 is 0 Å². The average molecular weight is 258 g/mol. The van der Waals surface area contributed by atoms with Gasteiger partial charge in [0, 0.05) is 24.5 Å².